The number of nitrogen functional groups attached to an aromatic ring is 1. The zero-order valence-corrected chi connectivity index (χ0v) is 27.1. The number of halogens is 2. The number of imidazole rings is 2. The number of rotatable bonds is 6. The lowest BCUT2D eigenvalue weighted by atomic mass is 10.1. The van der Waals surface area contributed by atoms with Crippen molar-refractivity contribution in [3.8, 4) is 44.8 Å². The zero-order valence-electron chi connectivity index (χ0n) is 27.1. The van der Waals surface area contributed by atoms with Gasteiger partial charge < -0.3 is 11.1 Å². The summed E-state index contributed by atoms with van der Waals surface area (Å²) in [7, 11) is 0. The Bertz CT molecular complexity index is 2450. The molecule has 8 aromatic rings. The molecule has 3 N–H and O–H groups in total. The van der Waals surface area contributed by atoms with Crippen LogP contribution in [0.4, 0.5) is 20.2 Å². The fourth-order valence-corrected chi connectivity index (χ4v) is 5.74. The zero-order chi connectivity index (χ0) is 34.6. The van der Waals surface area contributed by atoms with E-state index in [0.29, 0.717) is 6.42 Å². The molecule has 0 spiro atoms. The first kappa shape index (κ1) is 32.0. The number of anilines is 2. The van der Waals surface area contributed by atoms with E-state index in [2.05, 4.69) is 15.3 Å². The van der Waals surface area contributed by atoms with Crippen LogP contribution in [0.3, 0.4) is 0 Å². The van der Waals surface area contributed by atoms with Crippen molar-refractivity contribution >= 4 is 28.6 Å². The number of carbonyl (C=O) groups is 1. The Morgan fingerprint density at radius 2 is 1.12 bits per heavy atom. The number of pyridine rings is 2. The number of benzene rings is 4. The van der Waals surface area contributed by atoms with Gasteiger partial charge in [0.2, 0.25) is 5.91 Å². The van der Waals surface area contributed by atoms with E-state index in [1.807, 2.05) is 113 Å². The predicted octanol–water partition coefficient (Wildman–Crippen LogP) is 9.55. The number of carbonyl (C=O) groups excluding carboxylic acids is 1. The fourth-order valence-electron chi connectivity index (χ4n) is 5.74. The molecule has 0 radical (unpaired) electrons. The minimum absolute atomic E-state index is 0.0192. The second kappa shape index (κ2) is 13.9. The number of fused-ring (bicyclic) bond motifs is 2. The van der Waals surface area contributed by atoms with E-state index < -0.39 is 0 Å². The molecule has 7 nitrogen and oxygen atoms in total. The molecule has 0 aliphatic rings. The molecule has 4 aromatic carbocycles. The number of nitrogens with two attached hydrogens (primary N) is 1. The lowest BCUT2D eigenvalue weighted by molar-refractivity contribution is -0.115. The van der Waals surface area contributed by atoms with Crippen molar-refractivity contribution in [3.63, 3.8) is 0 Å². The second-order valence-electron chi connectivity index (χ2n) is 11.7. The minimum Gasteiger partial charge on any atom is -0.399 e. The molecule has 4 aromatic heterocycles. The molecule has 1 amide bonds. The molecule has 0 aliphatic heterocycles. The van der Waals surface area contributed by atoms with Gasteiger partial charge in [0.25, 0.3) is 0 Å². The van der Waals surface area contributed by atoms with Crippen molar-refractivity contribution in [2.24, 2.45) is 0 Å². The van der Waals surface area contributed by atoms with Gasteiger partial charge in [-0.05, 0) is 95.1 Å². The highest BCUT2D eigenvalue weighted by molar-refractivity contribution is 5.91. The molecule has 50 heavy (non-hydrogen) atoms. The number of amides is 1. The summed E-state index contributed by atoms with van der Waals surface area (Å²) < 4.78 is 30.2. The van der Waals surface area contributed by atoms with E-state index in [0.717, 1.165) is 67.4 Å². The standard InChI is InChI=1S/C22H18FN3O.C19H14FN3/c1-2-22(27)25-19-5-3-4-17(12-19)20-14-24-21-13-16(10-11-26(20)21)15-6-8-18(23)9-7-15;20-16-6-4-13(5-7-16)14-8-9-23-18(12-22-19(23)11-14)15-2-1-3-17(21)10-15/h3-14H,2H2,1H3,(H,25,27);1-12H,21H2. The molecule has 0 aliphatic carbocycles. The van der Waals surface area contributed by atoms with Crippen molar-refractivity contribution in [1.29, 1.82) is 0 Å². The average molecular weight is 663 g/mol. The van der Waals surface area contributed by atoms with Crippen LogP contribution in [-0.4, -0.2) is 24.7 Å². The Morgan fingerprint density at radius 3 is 1.62 bits per heavy atom. The lowest BCUT2D eigenvalue weighted by Crippen LogP contribution is -2.09. The maximum Gasteiger partial charge on any atom is 0.224 e. The maximum absolute atomic E-state index is 13.1. The van der Waals surface area contributed by atoms with Crippen molar-refractivity contribution in [1.82, 2.24) is 18.8 Å². The van der Waals surface area contributed by atoms with Crippen LogP contribution in [0.2, 0.25) is 0 Å². The van der Waals surface area contributed by atoms with E-state index in [1.54, 1.807) is 24.3 Å². The van der Waals surface area contributed by atoms with Gasteiger partial charge in [0, 0.05) is 41.3 Å². The number of hydrogen-bond acceptors (Lipinski definition) is 4. The first-order valence-electron chi connectivity index (χ1n) is 16.1. The number of nitrogens with one attached hydrogen (secondary N) is 1. The highest BCUT2D eigenvalue weighted by Crippen LogP contribution is 2.28. The summed E-state index contributed by atoms with van der Waals surface area (Å²) in [6.45, 7) is 1.82. The molecular weight excluding hydrogens is 630 g/mol. The van der Waals surface area contributed by atoms with Crippen LogP contribution in [0.15, 0.2) is 146 Å². The fraction of sp³-hybridized carbons (Fsp3) is 0.0488. The summed E-state index contributed by atoms with van der Waals surface area (Å²) in [5, 5.41) is 2.88. The molecule has 8 rings (SSSR count). The molecule has 0 fully saturated rings. The summed E-state index contributed by atoms with van der Waals surface area (Å²) in [6, 6.07) is 36.2. The van der Waals surface area contributed by atoms with Crippen LogP contribution in [0, 0.1) is 11.6 Å². The molecular formula is C41H32F2N6O. The monoisotopic (exact) mass is 662 g/mol. The normalized spacial score (nSPS) is 10.9. The summed E-state index contributed by atoms with van der Waals surface area (Å²) >= 11 is 0. The number of hydrogen-bond donors (Lipinski definition) is 2. The van der Waals surface area contributed by atoms with Crippen molar-refractivity contribution in [2.45, 2.75) is 13.3 Å². The molecule has 0 saturated heterocycles. The van der Waals surface area contributed by atoms with Crippen LogP contribution in [-0.2, 0) is 4.79 Å². The Balaban J connectivity index is 0.000000159. The Hall–Kier alpha value is -6.61. The lowest BCUT2D eigenvalue weighted by Gasteiger charge is -2.08. The van der Waals surface area contributed by atoms with Gasteiger partial charge in [-0.15, -0.1) is 0 Å². The molecule has 0 unspecified atom stereocenters. The van der Waals surface area contributed by atoms with E-state index in [4.69, 9.17) is 5.73 Å². The largest absolute Gasteiger partial charge is 0.399 e. The Labute approximate surface area is 287 Å². The van der Waals surface area contributed by atoms with E-state index in [-0.39, 0.29) is 17.5 Å². The van der Waals surface area contributed by atoms with Crippen LogP contribution in [0.1, 0.15) is 13.3 Å². The SMILES string of the molecule is CCC(=O)Nc1cccc(-c2cnc3cc(-c4ccc(F)cc4)ccn23)c1.Nc1cccc(-c2cnc3cc(-c4ccc(F)cc4)ccn23)c1. The van der Waals surface area contributed by atoms with Gasteiger partial charge in [-0.2, -0.15) is 0 Å². The second-order valence-corrected chi connectivity index (χ2v) is 11.7. The summed E-state index contributed by atoms with van der Waals surface area (Å²) in [5.74, 6) is -0.508. The van der Waals surface area contributed by atoms with Gasteiger partial charge in [-0.1, -0.05) is 55.5 Å². The first-order chi connectivity index (χ1) is 24.3. The average Bonchev–Trinajstić information content (AvgIpc) is 3.77. The third kappa shape index (κ3) is 6.84. The van der Waals surface area contributed by atoms with Gasteiger partial charge in [0.1, 0.15) is 22.9 Å². The van der Waals surface area contributed by atoms with Crippen LogP contribution < -0.4 is 11.1 Å². The van der Waals surface area contributed by atoms with Gasteiger partial charge in [0.15, 0.2) is 0 Å². The van der Waals surface area contributed by atoms with Crippen molar-refractivity contribution in [2.75, 3.05) is 11.1 Å². The summed E-state index contributed by atoms with van der Waals surface area (Å²) in [6.07, 6.45) is 8.00. The van der Waals surface area contributed by atoms with Gasteiger partial charge in [0.05, 0.1) is 23.8 Å². The van der Waals surface area contributed by atoms with Crippen molar-refractivity contribution in [3.05, 3.63) is 158 Å². The number of aromatic nitrogens is 4. The van der Waals surface area contributed by atoms with Gasteiger partial charge >= 0.3 is 0 Å². The van der Waals surface area contributed by atoms with Gasteiger partial charge in [-0.3, -0.25) is 13.6 Å². The van der Waals surface area contributed by atoms with Crippen LogP contribution in [0.25, 0.3) is 56.1 Å². The van der Waals surface area contributed by atoms with E-state index in [1.165, 1.54) is 24.3 Å². The molecule has 0 atom stereocenters. The third-order valence-electron chi connectivity index (χ3n) is 8.33. The van der Waals surface area contributed by atoms with Gasteiger partial charge in [-0.25, -0.2) is 18.7 Å². The Morgan fingerprint density at radius 1 is 0.620 bits per heavy atom. The molecule has 4 heterocycles. The third-order valence-corrected chi connectivity index (χ3v) is 8.33. The molecule has 0 bridgehead atoms. The smallest absolute Gasteiger partial charge is 0.224 e. The highest BCUT2D eigenvalue weighted by atomic mass is 19.1. The summed E-state index contributed by atoms with van der Waals surface area (Å²) in [5.41, 5.74) is 16.8. The predicted molar refractivity (Wildman–Crippen MR) is 195 cm³/mol. The quantitative estimate of drug-likeness (QED) is 0.174. The molecule has 9 heteroatoms. The molecule has 0 saturated carbocycles. The van der Waals surface area contributed by atoms with E-state index >= 15 is 0 Å². The van der Waals surface area contributed by atoms with E-state index in [9.17, 15) is 13.6 Å². The molecule has 246 valence electrons. The summed E-state index contributed by atoms with van der Waals surface area (Å²) in [4.78, 5) is 20.6. The maximum atomic E-state index is 13.1. The van der Waals surface area contributed by atoms with Crippen LogP contribution >= 0.6 is 0 Å². The highest BCUT2D eigenvalue weighted by Gasteiger charge is 2.10. The van der Waals surface area contributed by atoms with Crippen molar-refractivity contribution < 1.29 is 13.6 Å². The van der Waals surface area contributed by atoms with Crippen LogP contribution in [0.5, 0.6) is 0 Å². The minimum atomic E-state index is -0.252. The Kier molecular flexibility index (Phi) is 8.86. The topological polar surface area (TPSA) is 89.7 Å². The first-order valence-corrected chi connectivity index (χ1v) is 16.1. The number of nitrogens with zero attached hydrogens (tertiary/aromatic N) is 4.